The average Bonchev–Trinajstić information content (AvgIpc) is 2.14. The number of benzene rings is 1. The molecule has 0 aliphatic rings. The highest BCUT2D eigenvalue weighted by atomic mass is 35.5. The lowest BCUT2D eigenvalue weighted by Crippen LogP contribution is -2.13. The third-order valence-electron chi connectivity index (χ3n) is 1.65. The number of sulfonamides is 1. The van der Waals surface area contributed by atoms with Gasteiger partial charge in [0, 0.05) is 0 Å². The first-order valence-corrected chi connectivity index (χ1v) is 6.45. The predicted octanol–water partition coefficient (Wildman–Crippen LogP) is 2.28. The lowest BCUT2D eigenvalue weighted by atomic mass is 10.3. The molecule has 9 heteroatoms. The summed E-state index contributed by atoms with van der Waals surface area (Å²) in [7, 11) is -3.97. The molecule has 0 aromatic heterocycles. The molecular weight excluding hydrogens is 299 g/mol. The molecule has 0 aliphatic carbocycles. The molecule has 0 bridgehead atoms. The van der Waals surface area contributed by atoms with E-state index in [1.54, 1.807) is 0 Å². The number of hydrogen-bond acceptors (Lipinski definition) is 3. The van der Waals surface area contributed by atoms with Crippen LogP contribution in [-0.4, -0.2) is 21.5 Å². The largest absolute Gasteiger partial charge is 0.484 e. The number of halogens is 4. The summed E-state index contributed by atoms with van der Waals surface area (Å²) in [5.74, 6) is -0.207. The van der Waals surface area contributed by atoms with Gasteiger partial charge in [0.25, 0.3) is 6.43 Å². The zero-order valence-corrected chi connectivity index (χ0v) is 10.5. The number of rotatable bonds is 4. The summed E-state index contributed by atoms with van der Waals surface area (Å²) in [6.45, 7) is -0.895. The van der Waals surface area contributed by atoms with Gasteiger partial charge in [-0.1, -0.05) is 23.2 Å². The average molecular weight is 306 g/mol. The second-order valence-electron chi connectivity index (χ2n) is 2.96. The summed E-state index contributed by atoms with van der Waals surface area (Å²) >= 11 is 11.3. The van der Waals surface area contributed by atoms with Gasteiger partial charge in [0.1, 0.15) is 6.61 Å². The topological polar surface area (TPSA) is 69.4 Å². The molecule has 0 fully saturated rings. The lowest BCUT2D eigenvalue weighted by molar-refractivity contribution is 0.0820. The number of primary sulfonamides is 1. The molecule has 0 unspecified atom stereocenters. The van der Waals surface area contributed by atoms with Crippen molar-refractivity contribution in [2.45, 2.75) is 11.3 Å². The lowest BCUT2D eigenvalue weighted by Gasteiger charge is -2.10. The molecule has 1 aromatic carbocycles. The van der Waals surface area contributed by atoms with Gasteiger partial charge in [0.2, 0.25) is 10.0 Å². The zero-order chi connectivity index (χ0) is 13.2. The van der Waals surface area contributed by atoms with E-state index in [9.17, 15) is 17.2 Å². The van der Waals surface area contributed by atoms with Gasteiger partial charge in [-0.25, -0.2) is 22.3 Å². The zero-order valence-electron chi connectivity index (χ0n) is 8.16. The van der Waals surface area contributed by atoms with Gasteiger partial charge in [-0.15, -0.1) is 0 Å². The van der Waals surface area contributed by atoms with E-state index in [1.165, 1.54) is 0 Å². The fourth-order valence-electron chi connectivity index (χ4n) is 0.985. The van der Waals surface area contributed by atoms with Crippen molar-refractivity contribution in [1.29, 1.82) is 0 Å². The van der Waals surface area contributed by atoms with Gasteiger partial charge < -0.3 is 4.74 Å². The Labute approximate surface area is 106 Å². The Kier molecular flexibility index (Phi) is 4.54. The van der Waals surface area contributed by atoms with Crippen LogP contribution >= 0.6 is 23.2 Å². The number of hydrogen-bond donors (Lipinski definition) is 1. The molecule has 0 atom stereocenters. The Morgan fingerprint density at radius 2 is 1.76 bits per heavy atom. The normalized spacial score (nSPS) is 11.9. The first-order valence-electron chi connectivity index (χ1n) is 4.14. The monoisotopic (exact) mass is 305 g/mol. The van der Waals surface area contributed by atoms with Gasteiger partial charge >= 0.3 is 0 Å². The minimum atomic E-state index is -3.97. The third-order valence-corrected chi connectivity index (χ3v) is 3.11. The Morgan fingerprint density at radius 3 is 2.12 bits per heavy atom. The number of alkyl halides is 2. The Bertz CT molecular complexity index is 498. The van der Waals surface area contributed by atoms with Gasteiger partial charge in [-0.2, -0.15) is 0 Å². The van der Waals surface area contributed by atoms with Crippen LogP contribution in [-0.2, 0) is 10.0 Å². The quantitative estimate of drug-likeness (QED) is 0.928. The summed E-state index contributed by atoms with van der Waals surface area (Å²) in [6, 6.07) is 1.95. The van der Waals surface area contributed by atoms with Crippen molar-refractivity contribution in [2.75, 3.05) is 6.61 Å². The molecule has 0 spiro atoms. The highest BCUT2D eigenvalue weighted by molar-refractivity contribution is 7.89. The first-order chi connectivity index (χ1) is 7.71. The van der Waals surface area contributed by atoms with E-state index < -0.39 is 23.1 Å². The van der Waals surface area contributed by atoms with E-state index in [0.717, 1.165) is 12.1 Å². The molecule has 17 heavy (non-hydrogen) atoms. The SMILES string of the molecule is NS(=O)(=O)c1cc(Cl)c(OCC(F)F)c(Cl)c1. The van der Waals surface area contributed by atoms with Crippen LogP contribution in [0, 0.1) is 0 Å². The van der Waals surface area contributed by atoms with Crippen LogP contribution in [0.15, 0.2) is 17.0 Å². The van der Waals surface area contributed by atoms with Crippen molar-refractivity contribution in [3.8, 4) is 5.75 Å². The van der Waals surface area contributed by atoms with Crippen LogP contribution in [0.25, 0.3) is 0 Å². The van der Waals surface area contributed by atoms with Crippen molar-refractivity contribution < 1.29 is 21.9 Å². The second kappa shape index (κ2) is 5.34. The van der Waals surface area contributed by atoms with Crippen LogP contribution in [0.5, 0.6) is 5.75 Å². The molecule has 4 nitrogen and oxygen atoms in total. The van der Waals surface area contributed by atoms with E-state index in [2.05, 4.69) is 4.74 Å². The van der Waals surface area contributed by atoms with Crippen LogP contribution < -0.4 is 9.88 Å². The van der Waals surface area contributed by atoms with Gasteiger partial charge in [0.15, 0.2) is 5.75 Å². The summed E-state index contributed by atoms with van der Waals surface area (Å²) in [6.07, 6.45) is -2.69. The second-order valence-corrected chi connectivity index (χ2v) is 5.34. The minimum absolute atomic E-state index is 0.206. The summed E-state index contributed by atoms with van der Waals surface area (Å²) in [4.78, 5) is -0.322. The van der Waals surface area contributed by atoms with Crippen molar-refractivity contribution in [2.24, 2.45) is 5.14 Å². The molecule has 2 N–H and O–H groups in total. The molecule has 0 heterocycles. The number of ether oxygens (including phenoxy) is 1. The highest BCUT2D eigenvalue weighted by Gasteiger charge is 2.16. The molecular formula is C8H7Cl2F2NO3S. The maximum Gasteiger partial charge on any atom is 0.272 e. The fraction of sp³-hybridized carbons (Fsp3) is 0.250. The van der Waals surface area contributed by atoms with Gasteiger partial charge in [-0.3, -0.25) is 0 Å². The number of nitrogens with two attached hydrogens (primary N) is 1. The van der Waals surface area contributed by atoms with Crippen molar-refractivity contribution >= 4 is 33.2 Å². The van der Waals surface area contributed by atoms with Gasteiger partial charge in [0.05, 0.1) is 14.9 Å². The van der Waals surface area contributed by atoms with E-state index in [4.69, 9.17) is 28.3 Å². The maximum atomic E-state index is 11.9. The van der Waals surface area contributed by atoms with E-state index in [1.807, 2.05) is 0 Å². The summed E-state index contributed by atoms with van der Waals surface area (Å²) in [5, 5.41) is 4.45. The maximum absolute atomic E-state index is 11.9. The third kappa shape index (κ3) is 3.95. The van der Waals surface area contributed by atoms with Crippen molar-refractivity contribution in [3.63, 3.8) is 0 Å². The molecule has 1 rings (SSSR count). The standard InChI is InChI=1S/C8H7Cl2F2NO3S/c9-5-1-4(17(13,14)15)2-6(10)8(5)16-3-7(11)12/h1-2,7H,3H2,(H2,13,14,15). The Balaban J connectivity index is 3.11. The fourth-order valence-corrected chi connectivity index (χ4v) is 2.27. The van der Waals surface area contributed by atoms with Crippen LogP contribution in [0.3, 0.4) is 0 Å². The van der Waals surface area contributed by atoms with Crippen LogP contribution in [0.1, 0.15) is 0 Å². The van der Waals surface area contributed by atoms with E-state index >= 15 is 0 Å². The molecule has 0 amide bonds. The van der Waals surface area contributed by atoms with Crippen LogP contribution in [0.4, 0.5) is 8.78 Å². The van der Waals surface area contributed by atoms with Crippen molar-refractivity contribution in [1.82, 2.24) is 0 Å². The van der Waals surface area contributed by atoms with E-state index in [0.29, 0.717) is 0 Å². The smallest absolute Gasteiger partial charge is 0.272 e. The Hall–Kier alpha value is -0.630. The molecule has 0 saturated carbocycles. The van der Waals surface area contributed by atoms with Crippen LogP contribution in [0.2, 0.25) is 10.0 Å². The molecule has 0 aliphatic heterocycles. The summed E-state index contributed by atoms with van der Waals surface area (Å²) in [5.41, 5.74) is 0. The molecule has 96 valence electrons. The van der Waals surface area contributed by atoms with Crippen molar-refractivity contribution in [3.05, 3.63) is 22.2 Å². The van der Waals surface area contributed by atoms with Gasteiger partial charge in [-0.05, 0) is 12.1 Å². The summed E-state index contributed by atoms with van der Waals surface area (Å²) < 4.78 is 50.5. The van der Waals surface area contributed by atoms with E-state index in [-0.39, 0.29) is 20.7 Å². The molecule has 0 saturated heterocycles. The Morgan fingerprint density at radius 1 is 1.29 bits per heavy atom. The highest BCUT2D eigenvalue weighted by Crippen LogP contribution is 2.35. The minimum Gasteiger partial charge on any atom is -0.484 e. The molecule has 0 radical (unpaired) electrons. The first kappa shape index (κ1) is 14.4. The molecule has 1 aromatic rings. The predicted molar refractivity (Wildman–Crippen MR) is 59.3 cm³/mol.